The minimum absolute atomic E-state index is 0.0512. The van der Waals surface area contributed by atoms with E-state index < -0.39 is 16.7 Å². The largest absolute Gasteiger partial charge is 0.462 e. The standard InChI is InChI=1S/C15H12FNO5/c1-2-21-15(18)10-3-8-14(13(9-10)17(19)20)22-12-6-4-11(16)5-7-12/h3-9H,2H2,1H3. The summed E-state index contributed by atoms with van der Waals surface area (Å²) >= 11 is 0. The minimum Gasteiger partial charge on any atom is -0.462 e. The topological polar surface area (TPSA) is 78.7 Å². The van der Waals surface area contributed by atoms with Crippen LogP contribution in [0.4, 0.5) is 10.1 Å². The summed E-state index contributed by atoms with van der Waals surface area (Å²) in [5.41, 5.74) is -0.324. The lowest BCUT2D eigenvalue weighted by molar-refractivity contribution is -0.385. The molecule has 0 fully saturated rings. The molecule has 0 bridgehead atoms. The van der Waals surface area contributed by atoms with Gasteiger partial charge in [0.25, 0.3) is 0 Å². The Morgan fingerprint density at radius 1 is 1.23 bits per heavy atom. The molecule has 114 valence electrons. The van der Waals surface area contributed by atoms with E-state index in [-0.39, 0.29) is 29.4 Å². The fraction of sp³-hybridized carbons (Fsp3) is 0.133. The summed E-state index contributed by atoms with van der Waals surface area (Å²) in [6, 6.07) is 8.79. The zero-order valence-electron chi connectivity index (χ0n) is 11.6. The van der Waals surface area contributed by atoms with Crippen molar-refractivity contribution in [3.63, 3.8) is 0 Å². The Morgan fingerprint density at radius 2 is 1.91 bits per heavy atom. The molecule has 7 heteroatoms. The van der Waals surface area contributed by atoms with Gasteiger partial charge in [0.05, 0.1) is 17.1 Å². The van der Waals surface area contributed by atoms with Crippen molar-refractivity contribution >= 4 is 11.7 Å². The van der Waals surface area contributed by atoms with Gasteiger partial charge in [-0.25, -0.2) is 9.18 Å². The number of carbonyl (C=O) groups excluding carboxylic acids is 1. The van der Waals surface area contributed by atoms with Gasteiger partial charge < -0.3 is 9.47 Å². The van der Waals surface area contributed by atoms with Crippen molar-refractivity contribution in [1.29, 1.82) is 0 Å². The smallest absolute Gasteiger partial charge is 0.338 e. The second-order valence-electron chi connectivity index (χ2n) is 4.22. The first kappa shape index (κ1) is 15.4. The van der Waals surface area contributed by atoms with E-state index in [4.69, 9.17) is 9.47 Å². The number of hydrogen-bond donors (Lipinski definition) is 0. The molecular weight excluding hydrogens is 293 g/mol. The number of ether oxygens (including phenoxy) is 2. The molecule has 0 aliphatic heterocycles. The lowest BCUT2D eigenvalue weighted by Gasteiger charge is -2.08. The summed E-state index contributed by atoms with van der Waals surface area (Å²) in [7, 11) is 0. The van der Waals surface area contributed by atoms with E-state index in [2.05, 4.69) is 0 Å². The predicted octanol–water partition coefficient (Wildman–Crippen LogP) is 3.70. The first-order valence-corrected chi connectivity index (χ1v) is 6.40. The molecular formula is C15H12FNO5. The van der Waals surface area contributed by atoms with E-state index in [0.717, 1.165) is 6.07 Å². The van der Waals surface area contributed by atoms with Gasteiger partial charge in [0.1, 0.15) is 11.6 Å². The van der Waals surface area contributed by atoms with Gasteiger partial charge in [-0.1, -0.05) is 0 Å². The Kier molecular flexibility index (Phi) is 4.67. The monoisotopic (exact) mass is 305 g/mol. The van der Waals surface area contributed by atoms with Gasteiger partial charge in [-0.3, -0.25) is 10.1 Å². The zero-order valence-corrected chi connectivity index (χ0v) is 11.6. The lowest BCUT2D eigenvalue weighted by Crippen LogP contribution is -2.05. The average Bonchev–Trinajstić information content (AvgIpc) is 2.50. The van der Waals surface area contributed by atoms with E-state index in [0.29, 0.717) is 0 Å². The molecule has 0 aliphatic carbocycles. The quantitative estimate of drug-likeness (QED) is 0.478. The Balaban J connectivity index is 2.33. The SMILES string of the molecule is CCOC(=O)c1ccc(Oc2ccc(F)cc2)c([N+](=O)[O-])c1. The number of nitro benzene ring substituents is 1. The Hall–Kier alpha value is -2.96. The number of esters is 1. The van der Waals surface area contributed by atoms with E-state index >= 15 is 0 Å². The molecule has 0 N–H and O–H groups in total. The molecule has 6 nitrogen and oxygen atoms in total. The molecule has 0 amide bonds. The second kappa shape index (κ2) is 6.66. The number of nitrogens with zero attached hydrogens (tertiary/aromatic N) is 1. The maximum Gasteiger partial charge on any atom is 0.338 e. The van der Waals surface area contributed by atoms with E-state index in [1.165, 1.54) is 36.4 Å². The molecule has 0 atom stereocenters. The molecule has 2 rings (SSSR count). The Morgan fingerprint density at radius 3 is 2.50 bits per heavy atom. The van der Waals surface area contributed by atoms with Crippen LogP contribution in [0, 0.1) is 15.9 Å². The number of rotatable bonds is 5. The maximum absolute atomic E-state index is 12.8. The fourth-order valence-electron chi connectivity index (χ4n) is 1.72. The second-order valence-corrected chi connectivity index (χ2v) is 4.22. The Labute approximate surface area is 125 Å². The minimum atomic E-state index is -0.665. The summed E-state index contributed by atoms with van der Waals surface area (Å²) in [5, 5.41) is 11.1. The third kappa shape index (κ3) is 3.57. The van der Waals surface area contributed by atoms with Crippen molar-refractivity contribution in [3.05, 3.63) is 64.0 Å². The zero-order chi connectivity index (χ0) is 16.1. The van der Waals surface area contributed by atoms with Gasteiger partial charge in [0.2, 0.25) is 5.75 Å². The highest BCUT2D eigenvalue weighted by atomic mass is 19.1. The fourth-order valence-corrected chi connectivity index (χ4v) is 1.72. The molecule has 0 aromatic heterocycles. The van der Waals surface area contributed by atoms with Gasteiger partial charge in [0, 0.05) is 6.07 Å². The number of benzene rings is 2. The highest BCUT2D eigenvalue weighted by molar-refractivity contribution is 5.90. The maximum atomic E-state index is 12.8. The summed E-state index contributed by atoms with van der Waals surface area (Å²) in [6.07, 6.45) is 0. The third-order valence-corrected chi connectivity index (χ3v) is 2.71. The molecule has 0 saturated carbocycles. The first-order valence-electron chi connectivity index (χ1n) is 6.40. The van der Waals surface area contributed by atoms with Crippen molar-refractivity contribution in [3.8, 4) is 11.5 Å². The van der Waals surface area contributed by atoms with Crippen molar-refractivity contribution < 1.29 is 23.6 Å². The van der Waals surface area contributed by atoms with Crippen molar-refractivity contribution in [2.45, 2.75) is 6.92 Å². The number of carbonyl (C=O) groups is 1. The summed E-state index contributed by atoms with van der Waals surface area (Å²) in [5.74, 6) is -0.906. The van der Waals surface area contributed by atoms with Gasteiger partial charge in [0.15, 0.2) is 0 Å². The molecule has 0 unspecified atom stereocenters. The number of hydrogen-bond acceptors (Lipinski definition) is 5. The molecule has 0 spiro atoms. The molecule has 0 saturated heterocycles. The highest BCUT2D eigenvalue weighted by Gasteiger charge is 2.20. The van der Waals surface area contributed by atoms with Crippen molar-refractivity contribution in [2.75, 3.05) is 6.61 Å². The van der Waals surface area contributed by atoms with Crippen molar-refractivity contribution in [2.24, 2.45) is 0 Å². The molecule has 0 heterocycles. The molecule has 2 aromatic carbocycles. The third-order valence-electron chi connectivity index (χ3n) is 2.71. The Bertz CT molecular complexity index is 700. The summed E-state index contributed by atoms with van der Waals surface area (Å²) in [4.78, 5) is 22.0. The first-order chi connectivity index (χ1) is 10.5. The lowest BCUT2D eigenvalue weighted by atomic mass is 10.2. The molecule has 0 radical (unpaired) electrons. The van der Waals surface area contributed by atoms with Gasteiger partial charge in [-0.05, 0) is 43.3 Å². The van der Waals surface area contributed by atoms with Crippen LogP contribution in [0.5, 0.6) is 11.5 Å². The predicted molar refractivity (Wildman–Crippen MR) is 75.5 cm³/mol. The highest BCUT2D eigenvalue weighted by Crippen LogP contribution is 2.32. The van der Waals surface area contributed by atoms with Crippen LogP contribution in [-0.2, 0) is 4.74 Å². The number of halogens is 1. The van der Waals surface area contributed by atoms with Crippen LogP contribution in [0.25, 0.3) is 0 Å². The van der Waals surface area contributed by atoms with Gasteiger partial charge >= 0.3 is 11.7 Å². The molecule has 2 aromatic rings. The summed E-state index contributed by atoms with van der Waals surface area (Å²) in [6.45, 7) is 1.80. The van der Waals surface area contributed by atoms with Crippen LogP contribution in [0.2, 0.25) is 0 Å². The normalized spacial score (nSPS) is 10.1. The number of nitro groups is 1. The van der Waals surface area contributed by atoms with E-state index in [1.54, 1.807) is 6.92 Å². The van der Waals surface area contributed by atoms with E-state index in [9.17, 15) is 19.3 Å². The van der Waals surface area contributed by atoms with Crippen molar-refractivity contribution in [1.82, 2.24) is 0 Å². The van der Waals surface area contributed by atoms with Crippen LogP contribution >= 0.6 is 0 Å². The van der Waals surface area contributed by atoms with Crippen LogP contribution in [0.3, 0.4) is 0 Å². The van der Waals surface area contributed by atoms with Crippen LogP contribution in [0.1, 0.15) is 17.3 Å². The average molecular weight is 305 g/mol. The van der Waals surface area contributed by atoms with Gasteiger partial charge in [-0.15, -0.1) is 0 Å². The van der Waals surface area contributed by atoms with E-state index in [1.807, 2.05) is 0 Å². The van der Waals surface area contributed by atoms with Crippen LogP contribution < -0.4 is 4.74 Å². The van der Waals surface area contributed by atoms with Crippen LogP contribution in [0.15, 0.2) is 42.5 Å². The summed E-state index contributed by atoms with van der Waals surface area (Å²) < 4.78 is 23.0. The molecule has 0 aliphatic rings. The van der Waals surface area contributed by atoms with Gasteiger partial charge in [-0.2, -0.15) is 0 Å². The van der Waals surface area contributed by atoms with Crippen LogP contribution in [-0.4, -0.2) is 17.5 Å². The molecule has 22 heavy (non-hydrogen) atoms.